The molecule has 1 atom stereocenters. The standard InChI is InChI=1S/C11H16N4O4/c1-5-7(6(2)15-14-5)3-10(17)13-8(11(18)19)4-9(12)16/h8H,3-4H2,1-2H3,(H2,12,16)(H,13,17)(H,14,15)(H,18,19)/t8-/m1/s1. The zero-order valence-corrected chi connectivity index (χ0v) is 10.7. The van der Waals surface area contributed by atoms with Crippen LogP contribution in [0.2, 0.25) is 0 Å². The quantitative estimate of drug-likeness (QED) is 0.525. The van der Waals surface area contributed by atoms with Crippen LogP contribution in [-0.4, -0.2) is 39.1 Å². The number of H-pyrrole nitrogens is 1. The van der Waals surface area contributed by atoms with Gasteiger partial charge in [-0.15, -0.1) is 0 Å². The third-order valence-electron chi connectivity index (χ3n) is 2.66. The monoisotopic (exact) mass is 268 g/mol. The molecule has 1 rings (SSSR count). The molecule has 8 nitrogen and oxygen atoms in total. The lowest BCUT2D eigenvalue weighted by Crippen LogP contribution is -2.44. The van der Waals surface area contributed by atoms with E-state index in [-0.39, 0.29) is 6.42 Å². The van der Waals surface area contributed by atoms with E-state index in [0.29, 0.717) is 11.3 Å². The molecule has 5 N–H and O–H groups in total. The Morgan fingerprint density at radius 1 is 1.42 bits per heavy atom. The fourth-order valence-electron chi connectivity index (χ4n) is 1.64. The molecule has 0 aliphatic carbocycles. The van der Waals surface area contributed by atoms with Gasteiger partial charge in [0.1, 0.15) is 6.04 Å². The summed E-state index contributed by atoms with van der Waals surface area (Å²) in [5.41, 5.74) is 7.05. The summed E-state index contributed by atoms with van der Waals surface area (Å²) < 4.78 is 0. The molecule has 0 bridgehead atoms. The third kappa shape index (κ3) is 4.09. The van der Waals surface area contributed by atoms with Crippen LogP contribution in [-0.2, 0) is 20.8 Å². The largest absolute Gasteiger partial charge is 0.480 e. The Labute approximate surface area is 109 Å². The first kappa shape index (κ1) is 14.7. The van der Waals surface area contributed by atoms with Crippen LogP contribution >= 0.6 is 0 Å². The van der Waals surface area contributed by atoms with E-state index in [2.05, 4.69) is 15.5 Å². The van der Waals surface area contributed by atoms with E-state index in [0.717, 1.165) is 5.69 Å². The van der Waals surface area contributed by atoms with Gasteiger partial charge in [0.15, 0.2) is 0 Å². The number of primary amides is 1. The molecule has 8 heteroatoms. The molecule has 19 heavy (non-hydrogen) atoms. The summed E-state index contributed by atoms with van der Waals surface area (Å²) in [6.45, 7) is 3.50. The van der Waals surface area contributed by atoms with Crippen molar-refractivity contribution in [2.24, 2.45) is 5.73 Å². The van der Waals surface area contributed by atoms with Gasteiger partial charge in [0.05, 0.1) is 18.5 Å². The van der Waals surface area contributed by atoms with Gasteiger partial charge in [-0.1, -0.05) is 0 Å². The predicted octanol–water partition coefficient (Wildman–Crippen LogP) is -0.986. The number of rotatable bonds is 6. The van der Waals surface area contributed by atoms with Gasteiger partial charge in [-0.2, -0.15) is 5.10 Å². The molecule has 0 aliphatic rings. The molecule has 0 unspecified atom stereocenters. The van der Waals surface area contributed by atoms with Crippen molar-refractivity contribution in [3.8, 4) is 0 Å². The smallest absolute Gasteiger partial charge is 0.326 e. The highest BCUT2D eigenvalue weighted by Gasteiger charge is 2.23. The molecule has 0 aromatic carbocycles. The highest BCUT2D eigenvalue weighted by Crippen LogP contribution is 2.10. The second-order valence-corrected chi connectivity index (χ2v) is 4.22. The van der Waals surface area contributed by atoms with Gasteiger partial charge in [-0.05, 0) is 13.8 Å². The normalized spacial score (nSPS) is 11.9. The molecular weight excluding hydrogens is 252 g/mol. The van der Waals surface area contributed by atoms with Crippen LogP contribution in [0.1, 0.15) is 23.4 Å². The van der Waals surface area contributed by atoms with E-state index in [1.165, 1.54) is 0 Å². The van der Waals surface area contributed by atoms with Gasteiger partial charge < -0.3 is 16.2 Å². The van der Waals surface area contributed by atoms with Gasteiger partial charge in [0, 0.05) is 11.3 Å². The molecule has 0 saturated carbocycles. The molecular formula is C11H16N4O4. The van der Waals surface area contributed by atoms with Gasteiger partial charge in [-0.25, -0.2) is 4.79 Å². The number of aryl methyl sites for hydroxylation is 2. The molecule has 104 valence electrons. The van der Waals surface area contributed by atoms with Gasteiger partial charge in [0.2, 0.25) is 11.8 Å². The summed E-state index contributed by atoms with van der Waals surface area (Å²) in [7, 11) is 0. The number of aliphatic carboxylic acids is 1. The van der Waals surface area contributed by atoms with Crippen LogP contribution in [0.25, 0.3) is 0 Å². The van der Waals surface area contributed by atoms with Crippen molar-refractivity contribution in [3.63, 3.8) is 0 Å². The lowest BCUT2D eigenvalue weighted by atomic mass is 10.1. The number of aromatic amines is 1. The van der Waals surface area contributed by atoms with Crippen molar-refractivity contribution in [3.05, 3.63) is 17.0 Å². The van der Waals surface area contributed by atoms with E-state index < -0.39 is 30.2 Å². The number of nitrogens with two attached hydrogens (primary N) is 1. The summed E-state index contributed by atoms with van der Waals surface area (Å²) in [5, 5.41) is 17.8. The van der Waals surface area contributed by atoms with Crippen molar-refractivity contribution in [2.45, 2.75) is 32.7 Å². The van der Waals surface area contributed by atoms with Gasteiger partial charge in [-0.3, -0.25) is 14.7 Å². The SMILES string of the molecule is Cc1n[nH]c(C)c1CC(=O)N[C@H](CC(N)=O)C(=O)O. The summed E-state index contributed by atoms with van der Waals surface area (Å²) >= 11 is 0. The highest BCUT2D eigenvalue weighted by molar-refractivity contribution is 5.88. The van der Waals surface area contributed by atoms with Crippen molar-refractivity contribution >= 4 is 17.8 Å². The van der Waals surface area contributed by atoms with Gasteiger partial charge >= 0.3 is 5.97 Å². The number of nitrogens with zero attached hydrogens (tertiary/aromatic N) is 1. The number of hydrogen-bond donors (Lipinski definition) is 4. The Balaban J connectivity index is 2.68. The molecule has 0 spiro atoms. The van der Waals surface area contributed by atoms with E-state index in [9.17, 15) is 14.4 Å². The van der Waals surface area contributed by atoms with Gasteiger partial charge in [0.25, 0.3) is 0 Å². The van der Waals surface area contributed by atoms with Crippen LogP contribution in [0.4, 0.5) is 0 Å². The first-order valence-corrected chi connectivity index (χ1v) is 5.62. The average Bonchev–Trinajstić information content (AvgIpc) is 2.59. The molecule has 1 aromatic rings. The minimum absolute atomic E-state index is 0.00327. The lowest BCUT2D eigenvalue weighted by Gasteiger charge is -2.12. The van der Waals surface area contributed by atoms with Crippen LogP contribution in [0.15, 0.2) is 0 Å². The maximum Gasteiger partial charge on any atom is 0.326 e. The summed E-state index contributed by atoms with van der Waals surface area (Å²) in [4.78, 5) is 33.3. The van der Waals surface area contributed by atoms with Crippen molar-refractivity contribution < 1.29 is 19.5 Å². The van der Waals surface area contributed by atoms with Crippen LogP contribution in [0.3, 0.4) is 0 Å². The number of carboxylic acid groups (broad SMARTS) is 1. The van der Waals surface area contributed by atoms with E-state index in [4.69, 9.17) is 10.8 Å². The number of carbonyl (C=O) groups excluding carboxylic acids is 2. The Morgan fingerprint density at radius 3 is 2.47 bits per heavy atom. The Morgan fingerprint density at radius 2 is 2.05 bits per heavy atom. The summed E-state index contributed by atoms with van der Waals surface area (Å²) in [6.07, 6.45) is -0.443. The number of aromatic nitrogens is 2. The summed E-state index contributed by atoms with van der Waals surface area (Å²) in [6, 6.07) is -1.31. The zero-order chi connectivity index (χ0) is 14.6. The highest BCUT2D eigenvalue weighted by atomic mass is 16.4. The fourth-order valence-corrected chi connectivity index (χ4v) is 1.64. The number of amides is 2. The molecule has 1 aromatic heterocycles. The molecule has 0 radical (unpaired) electrons. The first-order valence-electron chi connectivity index (χ1n) is 5.62. The Bertz CT molecular complexity index is 489. The predicted molar refractivity (Wildman–Crippen MR) is 65.1 cm³/mol. The Kier molecular flexibility index (Phi) is 4.62. The van der Waals surface area contributed by atoms with Crippen LogP contribution < -0.4 is 11.1 Å². The number of hydrogen-bond acceptors (Lipinski definition) is 4. The lowest BCUT2D eigenvalue weighted by molar-refractivity contribution is -0.143. The maximum absolute atomic E-state index is 11.7. The van der Waals surface area contributed by atoms with E-state index >= 15 is 0 Å². The second-order valence-electron chi connectivity index (χ2n) is 4.22. The maximum atomic E-state index is 11.7. The van der Waals surface area contributed by atoms with Crippen molar-refractivity contribution in [1.29, 1.82) is 0 Å². The molecule has 0 aliphatic heterocycles. The fraction of sp³-hybridized carbons (Fsp3) is 0.455. The van der Waals surface area contributed by atoms with Crippen molar-refractivity contribution in [1.82, 2.24) is 15.5 Å². The molecule has 0 saturated heterocycles. The minimum Gasteiger partial charge on any atom is -0.480 e. The zero-order valence-electron chi connectivity index (χ0n) is 10.7. The van der Waals surface area contributed by atoms with Crippen LogP contribution in [0, 0.1) is 13.8 Å². The Hall–Kier alpha value is -2.38. The summed E-state index contributed by atoms with van der Waals surface area (Å²) in [5.74, 6) is -2.59. The minimum atomic E-state index is -1.31. The number of carbonyl (C=O) groups is 3. The topological polar surface area (TPSA) is 138 Å². The second kappa shape index (κ2) is 5.98. The number of nitrogens with one attached hydrogen (secondary N) is 2. The van der Waals surface area contributed by atoms with Crippen LogP contribution in [0.5, 0.6) is 0 Å². The average molecular weight is 268 g/mol. The third-order valence-corrected chi connectivity index (χ3v) is 2.66. The first-order chi connectivity index (χ1) is 8.81. The number of carboxylic acids is 1. The van der Waals surface area contributed by atoms with E-state index in [1.54, 1.807) is 13.8 Å². The molecule has 2 amide bonds. The van der Waals surface area contributed by atoms with E-state index in [1.807, 2.05) is 0 Å². The molecule has 0 fully saturated rings. The molecule has 1 heterocycles. The van der Waals surface area contributed by atoms with Crippen molar-refractivity contribution in [2.75, 3.05) is 0 Å².